The van der Waals surface area contributed by atoms with E-state index in [1.165, 1.54) is 0 Å². The van der Waals surface area contributed by atoms with Crippen LogP contribution in [0, 0.1) is 0 Å². The fourth-order valence-electron chi connectivity index (χ4n) is 3.79. The summed E-state index contributed by atoms with van der Waals surface area (Å²) in [6.07, 6.45) is 1.78. The third-order valence-corrected chi connectivity index (χ3v) is 5.50. The number of amides is 1. The highest BCUT2D eigenvalue weighted by atomic mass is 16.5. The van der Waals surface area contributed by atoms with E-state index in [-0.39, 0.29) is 5.91 Å². The van der Waals surface area contributed by atoms with Gasteiger partial charge >= 0.3 is 0 Å². The topological polar surface area (TPSA) is 76.0 Å². The minimum atomic E-state index is -0.136. The number of rotatable bonds is 6. The summed E-state index contributed by atoms with van der Waals surface area (Å²) in [4.78, 5) is 23.1. The number of imidazole rings is 1. The Balaban J connectivity index is 1.50. The average Bonchev–Trinajstić information content (AvgIpc) is 3.48. The molecule has 0 radical (unpaired) electrons. The van der Waals surface area contributed by atoms with Crippen LogP contribution < -0.4 is 4.74 Å². The first-order chi connectivity index (χ1) is 16.1. The number of carbonyl (C=O) groups excluding carboxylic acids is 1. The van der Waals surface area contributed by atoms with E-state index in [1.807, 2.05) is 78.9 Å². The van der Waals surface area contributed by atoms with Gasteiger partial charge in [0.1, 0.15) is 17.3 Å². The van der Waals surface area contributed by atoms with Crippen molar-refractivity contribution < 1.29 is 9.53 Å². The predicted molar refractivity (Wildman–Crippen MR) is 127 cm³/mol. The Kier molecular flexibility index (Phi) is 5.36. The Morgan fingerprint density at radius 1 is 1.00 bits per heavy atom. The van der Waals surface area contributed by atoms with Crippen LogP contribution in [0.3, 0.4) is 0 Å². The van der Waals surface area contributed by atoms with E-state index in [0.29, 0.717) is 17.8 Å². The molecule has 3 aromatic carbocycles. The van der Waals surface area contributed by atoms with Gasteiger partial charge in [0.15, 0.2) is 0 Å². The summed E-state index contributed by atoms with van der Waals surface area (Å²) in [5.41, 5.74) is 4.68. The lowest BCUT2D eigenvalue weighted by Gasteiger charge is -2.15. The van der Waals surface area contributed by atoms with Crippen molar-refractivity contribution in [3.05, 3.63) is 96.4 Å². The number of hydrogen-bond acceptors (Lipinski definition) is 4. The Hall–Kier alpha value is -4.39. The summed E-state index contributed by atoms with van der Waals surface area (Å²) in [5, 5.41) is 4.76. The second-order valence-electron chi connectivity index (χ2n) is 7.76. The monoisotopic (exact) mass is 437 g/mol. The van der Waals surface area contributed by atoms with Gasteiger partial charge in [-0.2, -0.15) is 5.10 Å². The lowest BCUT2D eigenvalue weighted by molar-refractivity contribution is 0.0782. The van der Waals surface area contributed by atoms with Crippen LogP contribution in [0.1, 0.15) is 16.2 Å². The van der Waals surface area contributed by atoms with Crippen LogP contribution >= 0.6 is 0 Å². The van der Waals surface area contributed by atoms with E-state index in [4.69, 9.17) is 9.84 Å². The van der Waals surface area contributed by atoms with Crippen LogP contribution in [-0.4, -0.2) is 44.7 Å². The molecule has 5 rings (SSSR count). The molecule has 0 atom stereocenters. The first-order valence-electron chi connectivity index (χ1n) is 10.6. The van der Waals surface area contributed by atoms with E-state index >= 15 is 0 Å². The van der Waals surface area contributed by atoms with Gasteiger partial charge in [-0.15, -0.1) is 0 Å². The number of fused-ring (bicyclic) bond motifs is 1. The quantitative estimate of drug-likeness (QED) is 0.418. The molecule has 2 heterocycles. The van der Waals surface area contributed by atoms with Crippen molar-refractivity contribution in [1.82, 2.24) is 24.6 Å². The fourth-order valence-corrected chi connectivity index (χ4v) is 3.79. The number of carbonyl (C=O) groups is 1. The largest absolute Gasteiger partial charge is 0.497 e. The van der Waals surface area contributed by atoms with Crippen molar-refractivity contribution in [2.45, 2.75) is 6.54 Å². The highest BCUT2D eigenvalue weighted by Gasteiger charge is 2.22. The molecular weight excluding hydrogens is 414 g/mol. The number of ether oxygens (including phenoxy) is 1. The summed E-state index contributed by atoms with van der Waals surface area (Å²) in [6, 6.07) is 25.1. The van der Waals surface area contributed by atoms with Crippen molar-refractivity contribution in [1.29, 1.82) is 0 Å². The van der Waals surface area contributed by atoms with Gasteiger partial charge in [0, 0.05) is 18.8 Å². The molecule has 5 aromatic rings. The number of nitrogens with one attached hydrogen (secondary N) is 1. The normalized spacial score (nSPS) is 11.0. The van der Waals surface area contributed by atoms with Crippen molar-refractivity contribution >= 4 is 16.9 Å². The van der Waals surface area contributed by atoms with E-state index in [9.17, 15) is 4.79 Å². The van der Waals surface area contributed by atoms with E-state index in [1.54, 1.807) is 29.9 Å². The van der Waals surface area contributed by atoms with Crippen molar-refractivity contribution in [2.24, 2.45) is 0 Å². The van der Waals surface area contributed by atoms with Gasteiger partial charge in [-0.3, -0.25) is 4.79 Å². The molecule has 1 amide bonds. The molecule has 0 spiro atoms. The molecule has 0 saturated carbocycles. The van der Waals surface area contributed by atoms with Crippen LogP contribution in [0.4, 0.5) is 0 Å². The molecule has 0 aliphatic carbocycles. The van der Waals surface area contributed by atoms with Gasteiger partial charge in [0.05, 0.1) is 35.9 Å². The molecule has 33 heavy (non-hydrogen) atoms. The molecule has 0 fully saturated rings. The van der Waals surface area contributed by atoms with E-state index < -0.39 is 0 Å². The van der Waals surface area contributed by atoms with E-state index in [0.717, 1.165) is 33.9 Å². The summed E-state index contributed by atoms with van der Waals surface area (Å²) >= 11 is 0. The number of nitrogens with zero attached hydrogens (tertiary/aromatic N) is 4. The number of benzene rings is 3. The fraction of sp³-hybridized carbons (Fsp3) is 0.115. The van der Waals surface area contributed by atoms with Gasteiger partial charge in [-0.1, -0.05) is 30.3 Å². The Morgan fingerprint density at radius 3 is 2.45 bits per heavy atom. The molecule has 2 aromatic heterocycles. The highest BCUT2D eigenvalue weighted by molar-refractivity contribution is 5.99. The average molecular weight is 438 g/mol. The molecule has 1 N–H and O–H groups in total. The number of para-hydroxylation sites is 3. The van der Waals surface area contributed by atoms with Gasteiger partial charge in [0.2, 0.25) is 0 Å². The molecule has 7 heteroatoms. The molecule has 0 saturated heterocycles. The summed E-state index contributed by atoms with van der Waals surface area (Å²) in [7, 11) is 3.40. The van der Waals surface area contributed by atoms with Crippen LogP contribution in [-0.2, 0) is 6.54 Å². The number of hydrogen-bond donors (Lipinski definition) is 1. The summed E-state index contributed by atoms with van der Waals surface area (Å²) in [6.45, 7) is 0.353. The second kappa shape index (κ2) is 8.63. The summed E-state index contributed by atoms with van der Waals surface area (Å²) in [5.74, 6) is 1.34. The first kappa shape index (κ1) is 20.5. The SMILES string of the molecule is COc1ccc(-c2nn(-c3ccccc3)cc2C(=O)N(C)Cc2nc3ccccc3[nH]2)cc1. The Labute approximate surface area is 191 Å². The molecule has 0 aliphatic heterocycles. The highest BCUT2D eigenvalue weighted by Crippen LogP contribution is 2.27. The van der Waals surface area contributed by atoms with Crippen LogP contribution in [0.25, 0.3) is 28.0 Å². The maximum atomic E-state index is 13.5. The maximum Gasteiger partial charge on any atom is 0.257 e. The molecule has 0 bridgehead atoms. The summed E-state index contributed by atoms with van der Waals surface area (Å²) < 4.78 is 7.01. The predicted octanol–water partition coefficient (Wildman–Crippen LogP) is 4.70. The van der Waals surface area contributed by atoms with Gasteiger partial charge in [0.25, 0.3) is 5.91 Å². The zero-order valence-corrected chi connectivity index (χ0v) is 18.4. The molecule has 0 aliphatic rings. The molecule has 7 nitrogen and oxygen atoms in total. The van der Waals surface area contributed by atoms with Gasteiger partial charge < -0.3 is 14.6 Å². The number of H-pyrrole nitrogens is 1. The van der Waals surface area contributed by atoms with Crippen molar-refractivity contribution in [3.63, 3.8) is 0 Å². The second-order valence-corrected chi connectivity index (χ2v) is 7.76. The zero-order valence-electron chi connectivity index (χ0n) is 18.4. The minimum absolute atomic E-state index is 0.136. The lowest BCUT2D eigenvalue weighted by Crippen LogP contribution is -2.26. The number of aromatic amines is 1. The first-order valence-corrected chi connectivity index (χ1v) is 10.6. The Morgan fingerprint density at radius 2 is 1.73 bits per heavy atom. The smallest absolute Gasteiger partial charge is 0.257 e. The number of methoxy groups -OCH3 is 1. The maximum absolute atomic E-state index is 13.5. The van der Waals surface area contributed by atoms with E-state index in [2.05, 4.69) is 9.97 Å². The van der Waals surface area contributed by atoms with Crippen LogP contribution in [0.15, 0.2) is 85.1 Å². The van der Waals surface area contributed by atoms with Gasteiger partial charge in [-0.05, 0) is 48.5 Å². The molecule has 0 unspecified atom stereocenters. The standard InChI is InChI=1S/C26H23N5O2/c1-30(17-24-27-22-10-6-7-11-23(22)28-24)26(32)21-16-31(19-8-4-3-5-9-19)29-25(21)18-12-14-20(33-2)15-13-18/h3-16H,17H2,1-2H3,(H,27,28). The third-order valence-electron chi connectivity index (χ3n) is 5.50. The van der Waals surface area contributed by atoms with Gasteiger partial charge in [-0.25, -0.2) is 9.67 Å². The van der Waals surface area contributed by atoms with Crippen molar-refractivity contribution in [2.75, 3.05) is 14.2 Å². The van der Waals surface area contributed by atoms with Crippen molar-refractivity contribution in [3.8, 4) is 22.7 Å². The molecular formula is C26H23N5O2. The Bertz CT molecular complexity index is 1370. The van der Waals surface area contributed by atoms with Crippen LogP contribution in [0.2, 0.25) is 0 Å². The zero-order chi connectivity index (χ0) is 22.8. The minimum Gasteiger partial charge on any atom is -0.497 e. The molecule has 164 valence electrons. The number of aromatic nitrogens is 4. The third kappa shape index (κ3) is 4.08. The van der Waals surface area contributed by atoms with Crippen LogP contribution in [0.5, 0.6) is 5.75 Å². The lowest BCUT2D eigenvalue weighted by atomic mass is 10.1.